The highest BCUT2D eigenvalue weighted by atomic mass is 127. The number of thiazole rings is 1. The lowest BCUT2D eigenvalue weighted by molar-refractivity contribution is -0.401. The van der Waals surface area contributed by atoms with E-state index in [1.54, 1.807) is 11.3 Å². The summed E-state index contributed by atoms with van der Waals surface area (Å²) in [4.78, 5) is 62.6. The summed E-state index contributed by atoms with van der Waals surface area (Å²) < 4.78 is 30.3. The van der Waals surface area contributed by atoms with Gasteiger partial charge in [-0.3, -0.25) is 19.2 Å². The van der Waals surface area contributed by atoms with Crippen molar-refractivity contribution < 1.29 is 76.5 Å². The van der Waals surface area contributed by atoms with Crippen LogP contribution < -0.4 is 44.8 Å². The van der Waals surface area contributed by atoms with E-state index in [4.69, 9.17) is 23.7 Å². The van der Waals surface area contributed by atoms with Crippen molar-refractivity contribution in [2.75, 3.05) is 97.7 Å². The number of anilines is 1. The van der Waals surface area contributed by atoms with Gasteiger partial charge in [0, 0.05) is 67.0 Å². The van der Waals surface area contributed by atoms with E-state index >= 15 is 0 Å². The van der Waals surface area contributed by atoms with E-state index in [1.165, 1.54) is 38.8 Å². The van der Waals surface area contributed by atoms with Crippen molar-refractivity contribution in [3.63, 3.8) is 0 Å². The number of aliphatic hydroxyl groups is 1. The molecule has 468 valence electrons. The van der Waals surface area contributed by atoms with Crippen molar-refractivity contribution in [3.05, 3.63) is 137 Å². The van der Waals surface area contributed by atoms with Gasteiger partial charge in [0.2, 0.25) is 29.3 Å². The summed E-state index contributed by atoms with van der Waals surface area (Å²) in [6.07, 6.45) is 13.3. The molecule has 3 aliphatic heterocycles. The summed E-state index contributed by atoms with van der Waals surface area (Å²) in [7, 11) is 2.14. The SMILES string of the molecule is Cc1ncsc1-c1ccc([C@H](C)NC(=O)[C@@H]2C[C@@H](O)CN2C(=O)[C@@H](NC(=O)COCCOCCOCCOCCOCCNC(=O)CCCCCN2/C(=C/C=C/C=C/C3=[N+](C)c4ccccc4C3(C)C)C(C)(C)c3ccccc32)C(C)(C)C)cc1.[I-]. The zero-order valence-electron chi connectivity index (χ0n) is 52.1. The molecule has 0 bridgehead atoms. The van der Waals surface area contributed by atoms with Crippen molar-refractivity contribution in [1.82, 2.24) is 25.8 Å². The van der Waals surface area contributed by atoms with E-state index in [0.717, 1.165) is 47.5 Å². The Balaban J connectivity index is 0.0000118. The number of hydrogen-bond donors (Lipinski definition) is 4. The number of para-hydroxylation sites is 2. The number of carbonyl (C=O) groups is 4. The summed E-state index contributed by atoms with van der Waals surface area (Å²) in [6, 6.07) is 23.0. The van der Waals surface area contributed by atoms with Crippen LogP contribution in [0.4, 0.5) is 11.4 Å². The molecule has 3 aromatic carbocycles. The molecule has 19 heteroatoms. The summed E-state index contributed by atoms with van der Waals surface area (Å²) in [5, 5.41) is 19.4. The fourth-order valence-corrected chi connectivity index (χ4v) is 12.2. The molecular weight excluding hydrogens is 1220 g/mol. The second-order valence-corrected chi connectivity index (χ2v) is 25.1. The van der Waals surface area contributed by atoms with Gasteiger partial charge in [-0.2, -0.15) is 4.58 Å². The molecule has 86 heavy (non-hydrogen) atoms. The number of likely N-dealkylation sites (tertiary alicyclic amines) is 1. The molecule has 0 radical (unpaired) electrons. The number of aliphatic hydroxyl groups excluding tert-OH is 1. The lowest BCUT2D eigenvalue weighted by Crippen LogP contribution is -3.00. The molecule has 1 aromatic heterocycles. The average Bonchev–Trinajstić information content (AvgIpc) is 1.80. The molecule has 0 spiro atoms. The average molecular weight is 1310 g/mol. The minimum Gasteiger partial charge on any atom is -1.00 e. The number of β-amino-alcohol motifs (C(OH)–C–C–N with tert-alkyl or cyclic N) is 1. The normalized spacial score (nSPS) is 18.2. The van der Waals surface area contributed by atoms with Gasteiger partial charge < -0.3 is 78.5 Å². The van der Waals surface area contributed by atoms with Gasteiger partial charge in [-0.15, -0.1) is 11.3 Å². The first-order valence-corrected chi connectivity index (χ1v) is 31.0. The maximum Gasteiger partial charge on any atom is 0.246 e. The summed E-state index contributed by atoms with van der Waals surface area (Å²) in [5.74, 6) is -1.28. The Hall–Kier alpha value is -5.65. The van der Waals surface area contributed by atoms with Crippen molar-refractivity contribution in [2.45, 2.75) is 129 Å². The maximum absolute atomic E-state index is 14.0. The number of hydrogen-bond acceptors (Lipinski definition) is 13. The second-order valence-electron chi connectivity index (χ2n) is 24.2. The minimum absolute atomic E-state index is 0. The van der Waals surface area contributed by atoms with E-state index in [1.807, 2.05) is 64.4 Å². The Morgan fingerprint density at radius 1 is 0.779 bits per heavy atom. The number of halogens is 1. The first-order chi connectivity index (χ1) is 40.7. The fraction of sp³-hybridized carbons (Fsp3) is 0.522. The molecule has 0 aliphatic carbocycles. The Labute approximate surface area is 531 Å². The van der Waals surface area contributed by atoms with Crippen molar-refractivity contribution in [1.29, 1.82) is 0 Å². The van der Waals surface area contributed by atoms with Crippen LogP contribution in [0.3, 0.4) is 0 Å². The Morgan fingerprint density at radius 2 is 1.41 bits per heavy atom. The molecule has 3 aliphatic rings. The van der Waals surface area contributed by atoms with Gasteiger partial charge in [-0.05, 0) is 74.8 Å². The molecule has 4 heterocycles. The number of unbranched alkanes of at least 4 members (excludes halogenated alkanes) is 2. The lowest BCUT2D eigenvalue weighted by atomic mass is 9.81. The van der Waals surface area contributed by atoms with Gasteiger partial charge in [-0.25, -0.2) is 4.98 Å². The van der Waals surface area contributed by atoms with Gasteiger partial charge in [0.15, 0.2) is 5.71 Å². The van der Waals surface area contributed by atoms with Gasteiger partial charge in [0.05, 0.1) is 93.1 Å². The van der Waals surface area contributed by atoms with Crippen LogP contribution in [0, 0.1) is 12.3 Å². The quantitative estimate of drug-likeness (QED) is 0.0192. The number of aryl methyl sites for hydroxylation is 1. The van der Waals surface area contributed by atoms with Gasteiger partial charge in [0.25, 0.3) is 0 Å². The van der Waals surface area contributed by atoms with E-state index in [9.17, 15) is 24.3 Å². The smallest absolute Gasteiger partial charge is 0.246 e. The monoisotopic (exact) mass is 1310 g/mol. The number of ether oxygens (including phenoxy) is 5. The summed E-state index contributed by atoms with van der Waals surface area (Å²) in [5.41, 5.74) is 11.6. The van der Waals surface area contributed by atoms with Crippen molar-refractivity contribution in [2.24, 2.45) is 5.41 Å². The molecule has 4 aromatic rings. The third-order valence-corrected chi connectivity index (χ3v) is 17.1. The number of fused-ring (bicyclic) bond motifs is 2. The van der Waals surface area contributed by atoms with Crippen molar-refractivity contribution >= 4 is 52.1 Å². The van der Waals surface area contributed by atoms with Crippen LogP contribution in [0.15, 0.2) is 114 Å². The predicted molar refractivity (Wildman–Crippen MR) is 335 cm³/mol. The zero-order valence-corrected chi connectivity index (χ0v) is 55.1. The standard InChI is InChI=1S/C67H91N7O10S.HI/c1-47(49-28-30-50(31-29-49)61-48(2)69-46-85-61)70-63(78)56-43-51(75)44-74(56)64(79)62(65(3,4)5)71-60(77)45-84-42-41-83-40-39-82-38-37-81-36-35-80-34-32-68-59(76)27-15-12-20-33-73-55-24-19-17-22-53(55)67(8,9)58(73)26-14-11-13-25-57-66(6,7)52-21-16-18-23-54(52)72(57)10;/h11,13-14,16-19,21-26,28-31,46-47,51,56,62,75H,12,15,20,27,32-45H2,1-10H3,(H2-,68,70,71,76,77,78);1H/t47-,51+,56-,62+;/m0./s1. The Bertz CT molecular complexity index is 3000. The highest BCUT2D eigenvalue weighted by molar-refractivity contribution is 7.13. The highest BCUT2D eigenvalue weighted by Gasteiger charge is 2.46. The molecule has 4 amide bonds. The largest absolute Gasteiger partial charge is 1.00 e. The van der Waals surface area contributed by atoms with E-state index < -0.39 is 35.4 Å². The molecule has 1 fully saturated rings. The molecule has 4 N–H and O–H groups in total. The number of benzene rings is 3. The Morgan fingerprint density at radius 3 is 2.05 bits per heavy atom. The van der Waals surface area contributed by atoms with Crippen LogP contribution in [0.2, 0.25) is 0 Å². The molecule has 0 saturated carbocycles. The molecule has 4 atom stereocenters. The fourth-order valence-electron chi connectivity index (χ4n) is 11.4. The van der Waals surface area contributed by atoms with Gasteiger partial charge in [-0.1, -0.05) is 120 Å². The minimum atomic E-state index is -0.974. The molecule has 7 rings (SSSR count). The summed E-state index contributed by atoms with van der Waals surface area (Å²) in [6.45, 7) is 22.6. The van der Waals surface area contributed by atoms with Crippen LogP contribution >= 0.6 is 11.3 Å². The number of rotatable bonds is 32. The predicted octanol–water partition coefficient (Wildman–Crippen LogP) is 6.05. The third-order valence-electron chi connectivity index (χ3n) is 16.1. The second kappa shape index (κ2) is 33.1. The van der Waals surface area contributed by atoms with Gasteiger partial charge in [0.1, 0.15) is 25.7 Å². The number of aromatic nitrogens is 1. The van der Waals surface area contributed by atoms with Crippen LogP contribution in [0.5, 0.6) is 0 Å². The first kappa shape index (κ1) is 69.5. The summed E-state index contributed by atoms with van der Waals surface area (Å²) >= 11 is 1.57. The van der Waals surface area contributed by atoms with E-state index in [-0.39, 0.29) is 85.4 Å². The molecule has 17 nitrogen and oxygen atoms in total. The maximum atomic E-state index is 14.0. The van der Waals surface area contributed by atoms with E-state index in [0.29, 0.717) is 59.2 Å². The molecule has 0 unspecified atom stereocenters. The molecule has 1 saturated heterocycles. The topological polar surface area (TPSA) is 193 Å². The zero-order chi connectivity index (χ0) is 61.2. The van der Waals surface area contributed by atoms with Crippen LogP contribution in [-0.4, -0.2) is 160 Å². The third kappa shape index (κ3) is 18.7. The highest BCUT2D eigenvalue weighted by Crippen LogP contribution is 2.48. The van der Waals surface area contributed by atoms with E-state index in [2.05, 4.69) is 144 Å². The lowest BCUT2D eigenvalue weighted by Gasteiger charge is -2.35. The number of carbonyl (C=O) groups excluding carboxylic acids is 4. The van der Waals surface area contributed by atoms with Crippen LogP contribution in [-0.2, 0) is 53.7 Å². The number of nitrogens with zero attached hydrogens (tertiary/aromatic N) is 4. The van der Waals surface area contributed by atoms with Crippen LogP contribution in [0.1, 0.15) is 116 Å². The molecular formula is C67H92IN7O10S. The number of amides is 4. The van der Waals surface area contributed by atoms with Crippen LogP contribution in [0.25, 0.3) is 10.4 Å². The van der Waals surface area contributed by atoms with Crippen molar-refractivity contribution in [3.8, 4) is 10.4 Å². The first-order valence-electron chi connectivity index (χ1n) is 30.1. The van der Waals surface area contributed by atoms with Gasteiger partial charge >= 0.3 is 0 Å². The number of nitrogens with one attached hydrogen (secondary N) is 3. The Kier molecular flexibility index (Phi) is 26.7. The number of allylic oxidation sites excluding steroid dienone is 6.